The average molecular weight is 276 g/mol. The van der Waals surface area contributed by atoms with Gasteiger partial charge in [-0.2, -0.15) is 0 Å². The first-order chi connectivity index (χ1) is 8.19. The van der Waals surface area contributed by atoms with Gasteiger partial charge < -0.3 is 10.1 Å². The quantitative estimate of drug-likeness (QED) is 0.806. The van der Waals surface area contributed by atoms with Crippen molar-refractivity contribution in [1.82, 2.24) is 5.32 Å². The molecule has 1 saturated carbocycles. The number of hydrogen-bond acceptors (Lipinski definition) is 3. The highest BCUT2D eigenvalue weighted by Gasteiger charge is 2.45. The van der Waals surface area contributed by atoms with Crippen LogP contribution in [0.4, 0.5) is 4.79 Å². The second-order valence-corrected chi connectivity index (χ2v) is 6.33. The molecule has 2 atom stereocenters. The SMILES string of the molecule is CC(C)(C)OC(=O)NC1CCCC1(C)C(=O)CCl. The molecule has 18 heavy (non-hydrogen) atoms. The second kappa shape index (κ2) is 5.47. The number of amides is 1. The smallest absolute Gasteiger partial charge is 0.407 e. The molecular weight excluding hydrogens is 254 g/mol. The Balaban J connectivity index is 2.66. The van der Waals surface area contributed by atoms with Crippen LogP contribution in [0.15, 0.2) is 0 Å². The second-order valence-electron chi connectivity index (χ2n) is 6.07. The molecule has 0 spiro atoms. The van der Waals surface area contributed by atoms with Gasteiger partial charge in [0.05, 0.1) is 5.88 Å². The number of carbonyl (C=O) groups is 2. The first kappa shape index (κ1) is 15.3. The molecule has 1 aliphatic rings. The van der Waals surface area contributed by atoms with Crippen LogP contribution in [0.1, 0.15) is 47.0 Å². The fourth-order valence-corrected chi connectivity index (χ4v) is 2.64. The van der Waals surface area contributed by atoms with E-state index in [4.69, 9.17) is 16.3 Å². The number of halogens is 1. The maximum Gasteiger partial charge on any atom is 0.407 e. The number of alkyl carbamates (subject to hydrolysis) is 1. The average Bonchev–Trinajstić information content (AvgIpc) is 2.57. The number of Topliss-reactive ketones (excluding diaryl/α,β-unsaturated/α-hetero) is 1. The molecule has 5 heteroatoms. The fraction of sp³-hybridized carbons (Fsp3) is 0.846. The summed E-state index contributed by atoms with van der Waals surface area (Å²) in [6.07, 6.45) is 2.00. The molecule has 1 fully saturated rings. The van der Waals surface area contributed by atoms with Gasteiger partial charge in [0.2, 0.25) is 0 Å². The van der Waals surface area contributed by atoms with Gasteiger partial charge in [-0.1, -0.05) is 13.3 Å². The lowest BCUT2D eigenvalue weighted by Crippen LogP contribution is -2.48. The molecule has 0 saturated heterocycles. The van der Waals surface area contributed by atoms with Gasteiger partial charge in [0.25, 0.3) is 0 Å². The first-order valence-electron chi connectivity index (χ1n) is 6.28. The van der Waals surface area contributed by atoms with Crippen molar-refractivity contribution in [3.63, 3.8) is 0 Å². The van der Waals surface area contributed by atoms with E-state index < -0.39 is 17.1 Å². The third-order valence-electron chi connectivity index (χ3n) is 3.41. The molecule has 0 aromatic heterocycles. The molecule has 0 aliphatic heterocycles. The Morgan fingerprint density at radius 3 is 2.56 bits per heavy atom. The lowest BCUT2D eigenvalue weighted by atomic mass is 9.81. The molecule has 0 bridgehead atoms. The van der Waals surface area contributed by atoms with Gasteiger partial charge in [-0.25, -0.2) is 4.79 Å². The number of carbonyl (C=O) groups excluding carboxylic acids is 2. The van der Waals surface area contributed by atoms with Gasteiger partial charge in [-0.15, -0.1) is 11.6 Å². The molecule has 0 aromatic rings. The third-order valence-corrected chi connectivity index (χ3v) is 3.65. The van der Waals surface area contributed by atoms with E-state index in [0.29, 0.717) is 0 Å². The topological polar surface area (TPSA) is 55.4 Å². The lowest BCUT2D eigenvalue weighted by molar-refractivity contribution is -0.126. The van der Waals surface area contributed by atoms with Crippen LogP contribution in [-0.2, 0) is 9.53 Å². The van der Waals surface area contributed by atoms with Crippen LogP contribution in [0.5, 0.6) is 0 Å². The number of ketones is 1. The Hall–Kier alpha value is -0.770. The molecule has 104 valence electrons. The van der Waals surface area contributed by atoms with Crippen LogP contribution in [0.2, 0.25) is 0 Å². The summed E-state index contributed by atoms with van der Waals surface area (Å²) in [4.78, 5) is 23.6. The van der Waals surface area contributed by atoms with Gasteiger partial charge in [-0.3, -0.25) is 4.79 Å². The van der Waals surface area contributed by atoms with E-state index in [1.165, 1.54) is 0 Å². The highest BCUT2D eigenvalue weighted by molar-refractivity contribution is 6.28. The van der Waals surface area contributed by atoms with Crippen molar-refractivity contribution in [3.05, 3.63) is 0 Å². The molecule has 1 N–H and O–H groups in total. The number of ether oxygens (including phenoxy) is 1. The largest absolute Gasteiger partial charge is 0.444 e. The van der Waals surface area contributed by atoms with Crippen molar-refractivity contribution in [2.75, 3.05) is 5.88 Å². The van der Waals surface area contributed by atoms with Crippen molar-refractivity contribution >= 4 is 23.5 Å². The van der Waals surface area contributed by atoms with Crippen molar-refractivity contribution in [2.24, 2.45) is 5.41 Å². The maximum atomic E-state index is 11.9. The maximum absolute atomic E-state index is 11.9. The molecule has 2 unspecified atom stereocenters. The zero-order valence-electron chi connectivity index (χ0n) is 11.5. The van der Waals surface area contributed by atoms with Crippen molar-refractivity contribution in [3.8, 4) is 0 Å². The highest BCUT2D eigenvalue weighted by Crippen LogP contribution is 2.39. The van der Waals surface area contributed by atoms with Gasteiger partial charge in [0.15, 0.2) is 5.78 Å². The Morgan fingerprint density at radius 1 is 1.44 bits per heavy atom. The van der Waals surface area contributed by atoms with E-state index >= 15 is 0 Å². The van der Waals surface area contributed by atoms with Crippen LogP contribution in [0.25, 0.3) is 0 Å². The van der Waals surface area contributed by atoms with E-state index in [9.17, 15) is 9.59 Å². The Labute approximate surface area is 113 Å². The molecule has 0 aromatic carbocycles. The molecule has 4 nitrogen and oxygen atoms in total. The fourth-order valence-electron chi connectivity index (χ4n) is 2.33. The summed E-state index contributed by atoms with van der Waals surface area (Å²) < 4.78 is 5.21. The van der Waals surface area contributed by atoms with Crippen LogP contribution in [-0.4, -0.2) is 29.4 Å². The van der Waals surface area contributed by atoms with E-state index in [1.807, 2.05) is 27.7 Å². The Kier molecular flexibility index (Phi) is 4.65. The summed E-state index contributed by atoms with van der Waals surface area (Å²) in [5.74, 6) is -0.0223. The number of rotatable bonds is 3. The molecule has 1 amide bonds. The Morgan fingerprint density at radius 2 is 2.06 bits per heavy atom. The summed E-state index contributed by atoms with van der Waals surface area (Å²) in [7, 11) is 0. The lowest BCUT2D eigenvalue weighted by Gasteiger charge is -2.31. The van der Waals surface area contributed by atoms with E-state index in [0.717, 1.165) is 19.3 Å². The zero-order chi connectivity index (χ0) is 14.0. The zero-order valence-corrected chi connectivity index (χ0v) is 12.3. The van der Waals surface area contributed by atoms with Gasteiger partial charge in [-0.05, 0) is 33.6 Å². The number of alkyl halides is 1. The molecule has 1 aliphatic carbocycles. The minimum Gasteiger partial charge on any atom is -0.444 e. The van der Waals surface area contributed by atoms with Crippen molar-refractivity contribution < 1.29 is 14.3 Å². The summed E-state index contributed by atoms with van der Waals surface area (Å²) in [6, 6.07) is -0.182. The third kappa shape index (κ3) is 3.61. The minimum absolute atomic E-state index is 0.0109. The minimum atomic E-state index is -0.557. The van der Waals surface area contributed by atoms with Crippen molar-refractivity contribution in [1.29, 1.82) is 0 Å². The van der Waals surface area contributed by atoms with Crippen LogP contribution in [0, 0.1) is 5.41 Å². The normalized spacial score (nSPS) is 27.9. The van der Waals surface area contributed by atoms with E-state index in [-0.39, 0.29) is 17.7 Å². The molecular formula is C13H22ClNO3. The summed E-state index contributed by atoms with van der Waals surface area (Å²) >= 11 is 5.64. The van der Waals surface area contributed by atoms with Crippen LogP contribution < -0.4 is 5.32 Å². The summed E-state index contributed by atoms with van der Waals surface area (Å²) in [6.45, 7) is 7.30. The van der Waals surface area contributed by atoms with Crippen LogP contribution in [0.3, 0.4) is 0 Å². The van der Waals surface area contributed by atoms with Crippen molar-refractivity contribution in [2.45, 2.75) is 58.6 Å². The number of hydrogen-bond donors (Lipinski definition) is 1. The molecule has 0 heterocycles. The van der Waals surface area contributed by atoms with E-state index in [2.05, 4.69) is 5.32 Å². The molecule has 1 rings (SSSR count). The monoisotopic (exact) mass is 275 g/mol. The Bertz CT molecular complexity index is 338. The van der Waals surface area contributed by atoms with Gasteiger partial charge in [0.1, 0.15) is 5.60 Å². The predicted octanol–water partition coefficient (Wildman–Crippen LogP) is 2.88. The standard InChI is InChI=1S/C13H22ClNO3/c1-12(2,3)18-11(17)15-9-6-5-7-13(9,4)10(16)8-14/h9H,5-8H2,1-4H3,(H,15,17). The first-order valence-corrected chi connectivity index (χ1v) is 6.81. The van der Waals surface area contributed by atoms with Crippen LogP contribution >= 0.6 is 11.6 Å². The van der Waals surface area contributed by atoms with E-state index in [1.54, 1.807) is 0 Å². The summed E-state index contributed by atoms with van der Waals surface area (Å²) in [5, 5.41) is 2.80. The predicted molar refractivity (Wildman–Crippen MR) is 70.8 cm³/mol. The summed E-state index contributed by atoms with van der Waals surface area (Å²) in [5.41, 5.74) is -1.09. The van der Waals surface area contributed by atoms with Gasteiger partial charge in [0, 0.05) is 11.5 Å². The highest BCUT2D eigenvalue weighted by atomic mass is 35.5. The number of nitrogens with one attached hydrogen (secondary N) is 1. The molecule has 0 radical (unpaired) electrons. The van der Waals surface area contributed by atoms with Gasteiger partial charge >= 0.3 is 6.09 Å².